The van der Waals surface area contributed by atoms with Crippen LogP contribution in [0.25, 0.3) is 0 Å². The van der Waals surface area contributed by atoms with E-state index in [9.17, 15) is 18.0 Å². The van der Waals surface area contributed by atoms with Crippen LogP contribution in [0.5, 0.6) is 0 Å². The van der Waals surface area contributed by atoms with Crippen molar-refractivity contribution in [3.05, 3.63) is 46.8 Å². The van der Waals surface area contributed by atoms with Crippen molar-refractivity contribution in [2.45, 2.75) is 13.0 Å². The Morgan fingerprint density at radius 2 is 1.96 bits per heavy atom. The van der Waals surface area contributed by atoms with Crippen LogP contribution < -0.4 is 16.2 Å². The standard InChI is InChI=1S/C13H16N4O5S/c14-13(19)17(10-5-2-1-3-6-10)11-9-12(18)16(15-11)7-4-8-23(20,21)22/h1-3,5-6,9,15H,4,7-8H2,(H2,14,19)(H,20,21,22). The second-order valence-corrected chi connectivity index (χ2v) is 6.35. The summed E-state index contributed by atoms with van der Waals surface area (Å²) >= 11 is 0. The van der Waals surface area contributed by atoms with Gasteiger partial charge in [-0.1, -0.05) is 18.2 Å². The highest BCUT2D eigenvalue weighted by molar-refractivity contribution is 7.85. The molecule has 0 saturated carbocycles. The lowest BCUT2D eigenvalue weighted by molar-refractivity contribution is 0.256. The van der Waals surface area contributed by atoms with E-state index in [1.54, 1.807) is 30.3 Å². The first kappa shape index (κ1) is 16.8. The number of benzene rings is 1. The Labute approximate surface area is 132 Å². The Morgan fingerprint density at radius 1 is 1.30 bits per heavy atom. The summed E-state index contributed by atoms with van der Waals surface area (Å²) in [7, 11) is -4.09. The van der Waals surface area contributed by atoms with Crippen molar-refractivity contribution in [1.82, 2.24) is 9.78 Å². The van der Waals surface area contributed by atoms with Crippen LogP contribution in [0.3, 0.4) is 0 Å². The summed E-state index contributed by atoms with van der Waals surface area (Å²) < 4.78 is 31.2. The molecule has 2 aromatic rings. The lowest BCUT2D eigenvalue weighted by atomic mass is 10.3. The van der Waals surface area contributed by atoms with Crippen LogP contribution in [0.2, 0.25) is 0 Å². The molecule has 0 bridgehead atoms. The predicted octanol–water partition coefficient (Wildman–Crippen LogP) is 0.671. The predicted molar refractivity (Wildman–Crippen MR) is 84.2 cm³/mol. The second kappa shape index (κ2) is 6.67. The number of carbonyl (C=O) groups excluding carboxylic acids is 1. The number of rotatable bonds is 6. The Kier molecular flexibility index (Phi) is 4.86. The number of aryl methyl sites for hydroxylation is 1. The fourth-order valence-electron chi connectivity index (χ4n) is 2.07. The molecule has 0 radical (unpaired) electrons. The molecular formula is C13H16N4O5S. The van der Waals surface area contributed by atoms with Gasteiger partial charge in [-0.25, -0.2) is 9.69 Å². The number of aromatic amines is 1. The van der Waals surface area contributed by atoms with Crippen molar-refractivity contribution in [3.8, 4) is 0 Å². The van der Waals surface area contributed by atoms with E-state index in [0.29, 0.717) is 5.69 Å². The zero-order chi connectivity index (χ0) is 17.0. The van der Waals surface area contributed by atoms with E-state index < -0.39 is 27.5 Å². The first-order valence-corrected chi connectivity index (χ1v) is 8.28. The van der Waals surface area contributed by atoms with Crippen LogP contribution in [0.1, 0.15) is 6.42 Å². The average Bonchev–Trinajstić information content (AvgIpc) is 2.79. The summed E-state index contributed by atoms with van der Waals surface area (Å²) in [5.41, 5.74) is 5.39. The number of nitrogens with zero attached hydrogens (tertiary/aromatic N) is 2. The SMILES string of the molecule is NC(=O)N(c1ccccc1)c1cc(=O)n(CCCS(=O)(=O)O)[nH]1. The molecule has 0 saturated heterocycles. The molecule has 0 spiro atoms. The third kappa shape index (κ3) is 4.44. The molecule has 0 aliphatic carbocycles. The number of hydrogen-bond donors (Lipinski definition) is 3. The lowest BCUT2D eigenvalue weighted by Gasteiger charge is -2.18. The minimum absolute atomic E-state index is 0.0417. The fraction of sp³-hybridized carbons (Fsp3) is 0.231. The van der Waals surface area contributed by atoms with E-state index in [1.165, 1.54) is 6.07 Å². The van der Waals surface area contributed by atoms with Crippen molar-refractivity contribution in [1.29, 1.82) is 0 Å². The molecule has 0 atom stereocenters. The first-order chi connectivity index (χ1) is 10.8. The average molecular weight is 340 g/mol. The summed E-state index contributed by atoms with van der Waals surface area (Å²) in [5, 5.41) is 2.70. The van der Waals surface area contributed by atoms with Gasteiger partial charge in [0.25, 0.3) is 15.7 Å². The highest BCUT2D eigenvalue weighted by atomic mass is 32.2. The van der Waals surface area contributed by atoms with E-state index in [0.717, 1.165) is 9.58 Å². The monoisotopic (exact) mass is 340 g/mol. The molecular weight excluding hydrogens is 324 g/mol. The molecule has 10 heteroatoms. The first-order valence-electron chi connectivity index (χ1n) is 6.67. The molecule has 0 aliphatic rings. The van der Waals surface area contributed by atoms with Crippen LogP contribution >= 0.6 is 0 Å². The van der Waals surface area contributed by atoms with E-state index in [2.05, 4.69) is 5.10 Å². The lowest BCUT2D eigenvalue weighted by Crippen LogP contribution is -2.31. The number of carbonyl (C=O) groups is 1. The number of aromatic nitrogens is 2. The fourth-order valence-corrected chi connectivity index (χ4v) is 2.56. The Hall–Kier alpha value is -2.59. The zero-order valence-electron chi connectivity index (χ0n) is 12.0. The molecule has 0 aliphatic heterocycles. The van der Waals surface area contributed by atoms with Gasteiger partial charge in [-0.3, -0.25) is 19.1 Å². The van der Waals surface area contributed by atoms with Crippen molar-refractivity contribution < 1.29 is 17.8 Å². The zero-order valence-corrected chi connectivity index (χ0v) is 12.9. The molecule has 23 heavy (non-hydrogen) atoms. The number of nitrogens with one attached hydrogen (secondary N) is 1. The van der Waals surface area contributed by atoms with Crippen molar-refractivity contribution >= 4 is 27.7 Å². The van der Waals surface area contributed by atoms with Gasteiger partial charge < -0.3 is 5.73 Å². The molecule has 1 heterocycles. The Bertz CT molecular complexity index is 841. The Morgan fingerprint density at radius 3 is 2.52 bits per heavy atom. The van der Waals surface area contributed by atoms with Crippen molar-refractivity contribution in [2.75, 3.05) is 10.7 Å². The number of para-hydroxylation sites is 1. The van der Waals surface area contributed by atoms with Crippen LogP contribution in [0, 0.1) is 0 Å². The molecule has 0 fully saturated rings. The summed E-state index contributed by atoms with van der Waals surface area (Å²) in [6.45, 7) is 0.0417. The molecule has 1 aromatic carbocycles. The molecule has 2 amide bonds. The topological polar surface area (TPSA) is 138 Å². The Balaban J connectivity index is 2.24. The van der Waals surface area contributed by atoms with Gasteiger partial charge in [0.15, 0.2) is 0 Å². The molecule has 1 aromatic heterocycles. The maximum Gasteiger partial charge on any atom is 0.325 e. The number of hydrogen-bond acceptors (Lipinski definition) is 4. The molecule has 124 valence electrons. The van der Waals surface area contributed by atoms with Gasteiger partial charge in [-0.15, -0.1) is 0 Å². The highest BCUT2D eigenvalue weighted by Crippen LogP contribution is 2.21. The molecule has 0 unspecified atom stereocenters. The normalized spacial score (nSPS) is 11.3. The highest BCUT2D eigenvalue weighted by Gasteiger charge is 2.18. The summed E-state index contributed by atoms with van der Waals surface area (Å²) in [5.74, 6) is -0.299. The minimum Gasteiger partial charge on any atom is -0.351 e. The molecule has 9 nitrogen and oxygen atoms in total. The quantitative estimate of drug-likeness (QED) is 0.663. The number of H-pyrrole nitrogens is 1. The number of amides is 2. The number of anilines is 2. The van der Waals surface area contributed by atoms with Crippen LogP contribution in [-0.2, 0) is 16.7 Å². The van der Waals surface area contributed by atoms with E-state index in [4.69, 9.17) is 10.3 Å². The molecule has 2 rings (SSSR count). The van der Waals surface area contributed by atoms with Gasteiger partial charge in [-0.2, -0.15) is 8.42 Å². The van der Waals surface area contributed by atoms with Crippen LogP contribution in [0.4, 0.5) is 16.3 Å². The van der Waals surface area contributed by atoms with Crippen molar-refractivity contribution in [2.24, 2.45) is 5.73 Å². The third-order valence-electron chi connectivity index (χ3n) is 3.04. The summed E-state index contributed by atoms with van der Waals surface area (Å²) in [6.07, 6.45) is 0.0423. The van der Waals surface area contributed by atoms with Gasteiger partial charge in [0, 0.05) is 12.6 Å². The van der Waals surface area contributed by atoms with Gasteiger partial charge in [0.2, 0.25) is 0 Å². The van der Waals surface area contributed by atoms with Gasteiger partial charge >= 0.3 is 6.03 Å². The van der Waals surface area contributed by atoms with Crippen LogP contribution in [0.15, 0.2) is 41.2 Å². The van der Waals surface area contributed by atoms with E-state index in [-0.39, 0.29) is 18.8 Å². The van der Waals surface area contributed by atoms with Crippen LogP contribution in [-0.4, -0.2) is 34.5 Å². The summed E-state index contributed by atoms with van der Waals surface area (Å²) in [4.78, 5) is 24.7. The molecule has 4 N–H and O–H groups in total. The van der Waals surface area contributed by atoms with Gasteiger partial charge in [0.05, 0.1) is 11.4 Å². The maximum atomic E-state index is 11.9. The maximum absolute atomic E-state index is 11.9. The minimum atomic E-state index is -4.09. The third-order valence-corrected chi connectivity index (χ3v) is 3.84. The number of primary amides is 1. The van der Waals surface area contributed by atoms with Crippen molar-refractivity contribution in [3.63, 3.8) is 0 Å². The smallest absolute Gasteiger partial charge is 0.325 e. The number of nitrogens with two attached hydrogens (primary N) is 1. The largest absolute Gasteiger partial charge is 0.351 e. The van der Waals surface area contributed by atoms with E-state index >= 15 is 0 Å². The second-order valence-electron chi connectivity index (χ2n) is 4.78. The summed E-state index contributed by atoms with van der Waals surface area (Å²) in [6, 6.07) is 8.91. The van der Waals surface area contributed by atoms with Gasteiger partial charge in [0.1, 0.15) is 5.82 Å². The van der Waals surface area contributed by atoms with E-state index in [1.807, 2.05) is 0 Å². The van der Waals surface area contributed by atoms with Gasteiger partial charge in [-0.05, 0) is 18.6 Å². The number of urea groups is 1.